The zero-order valence-electron chi connectivity index (χ0n) is 6.87. The molecule has 0 heterocycles. The molecule has 0 spiro atoms. The van der Waals surface area contributed by atoms with Gasteiger partial charge < -0.3 is 29.7 Å². The summed E-state index contributed by atoms with van der Waals surface area (Å²) in [4.78, 5) is 30.6. The molecule has 14 heavy (non-hydrogen) atoms. The molecule has 0 aromatic heterocycles. The Hall–Kier alpha value is -1.11. The van der Waals surface area contributed by atoms with Crippen molar-refractivity contribution in [1.82, 2.24) is 4.90 Å². The van der Waals surface area contributed by atoms with Gasteiger partial charge in [-0.3, -0.25) is 4.90 Å². The SMILES string of the molecule is O=C([O-])CN(CC(=O)[O-])CC(=O)[O-].[Fe+3]. The van der Waals surface area contributed by atoms with Gasteiger partial charge in [0.25, 0.3) is 0 Å². The zero-order chi connectivity index (χ0) is 10.4. The zero-order valence-corrected chi connectivity index (χ0v) is 7.98. The fourth-order valence-electron chi connectivity index (χ4n) is 0.715. The van der Waals surface area contributed by atoms with Crippen LogP contribution in [-0.2, 0) is 31.5 Å². The standard InChI is InChI=1S/C6H9NO6.Fe/c8-4(9)1-7(2-5(10)11)3-6(12)13;/h1-3H2,(H,8,9)(H,10,11)(H,12,13);/q;+3/p-3. The molecule has 0 saturated carbocycles. The van der Waals surface area contributed by atoms with Crippen molar-refractivity contribution in [3.8, 4) is 0 Å². The molecule has 0 aromatic rings. The summed E-state index contributed by atoms with van der Waals surface area (Å²) in [6, 6.07) is 0. The van der Waals surface area contributed by atoms with Crippen LogP contribution in [0.2, 0.25) is 0 Å². The van der Waals surface area contributed by atoms with E-state index in [1.165, 1.54) is 0 Å². The van der Waals surface area contributed by atoms with Gasteiger partial charge in [-0.2, -0.15) is 0 Å². The van der Waals surface area contributed by atoms with Gasteiger partial charge in [-0.1, -0.05) is 0 Å². The molecule has 7 nitrogen and oxygen atoms in total. The predicted molar refractivity (Wildman–Crippen MR) is 31.5 cm³/mol. The van der Waals surface area contributed by atoms with E-state index in [0.29, 0.717) is 4.90 Å². The van der Waals surface area contributed by atoms with Crippen molar-refractivity contribution >= 4 is 17.9 Å². The van der Waals surface area contributed by atoms with Gasteiger partial charge in [0, 0.05) is 19.6 Å². The Morgan fingerprint density at radius 2 is 1.00 bits per heavy atom. The van der Waals surface area contributed by atoms with E-state index in [-0.39, 0.29) is 17.1 Å². The monoisotopic (exact) mass is 244 g/mol. The number of carbonyl (C=O) groups is 3. The second kappa shape index (κ2) is 7.31. The van der Waals surface area contributed by atoms with E-state index in [2.05, 4.69) is 0 Å². The van der Waals surface area contributed by atoms with Gasteiger partial charge in [0.15, 0.2) is 0 Å². The third-order valence-corrected chi connectivity index (χ3v) is 1.06. The van der Waals surface area contributed by atoms with Crippen LogP contribution in [0.5, 0.6) is 0 Å². The molecule has 0 aliphatic heterocycles. The Morgan fingerprint density at radius 1 is 0.786 bits per heavy atom. The summed E-state index contributed by atoms with van der Waals surface area (Å²) in [5.41, 5.74) is 0. The summed E-state index contributed by atoms with van der Waals surface area (Å²) in [5.74, 6) is -4.70. The van der Waals surface area contributed by atoms with Crippen molar-refractivity contribution in [1.29, 1.82) is 0 Å². The molecular formula is C6H6FeNO6. The largest absolute Gasteiger partial charge is 3.00 e. The van der Waals surface area contributed by atoms with Crippen LogP contribution >= 0.6 is 0 Å². The van der Waals surface area contributed by atoms with E-state index in [1.807, 2.05) is 0 Å². The number of hydrogen-bond acceptors (Lipinski definition) is 7. The van der Waals surface area contributed by atoms with Gasteiger partial charge in [0.2, 0.25) is 0 Å². The maximum Gasteiger partial charge on any atom is 3.00 e. The molecule has 0 aliphatic carbocycles. The Morgan fingerprint density at radius 3 is 1.14 bits per heavy atom. The number of nitrogens with zero attached hydrogens (tertiary/aromatic N) is 1. The molecule has 0 saturated heterocycles. The summed E-state index contributed by atoms with van der Waals surface area (Å²) < 4.78 is 0. The van der Waals surface area contributed by atoms with Crippen LogP contribution in [-0.4, -0.2) is 42.4 Å². The minimum atomic E-state index is -1.57. The summed E-state index contributed by atoms with van der Waals surface area (Å²) in [7, 11) is 0. The average Bonchev–Trinajstić information content (AvgIpc) is 1.80. The van der Waals surface area contributed by atoms with Crippen molar-refractivity contribution < 1.29 is 46.8 Å². The van der Waals surface area contributed by atoms with Crippen LogP contribution in [0.3, 0.4) is 0 Å². The van der Waals surface area contributed by atoms with Crippen LogP contribution in [0.15, 0.2) is 0 Å². The smallest absolute Gasteiger partial charge is 0.549 e. The van der Waals surface area contributed by atoms with Crippen LogP contribution in [0.1, 0.15) is 0 Å². The Kier molecular flexibility index (Phi) is 8.02. The topological polar surface area (TPSA) is 124 Å². The number of carbonyl (C=O) groups excluding carboxylic acids is 3. The first-order valence-corrected chi connectivity index (χ1v) is 3.23. The van der Waals surface area contributed by atoms with Crippen molar-refractivity contribution in [3.05, 3.63) is 0 Å². The molecule has 0 N–H and O–H groups in total. The molecule has 0 aliphatic rings. The molecule has 0 atom stereocenters. The van der Waals surface area contributed by atoms with Crippen LogP contribution in [0.25, 0.3) is 0 Å². The molecule has 1 radical (unpaired) electrons. The molecular weight excluding hydrogens is 238 g/mol. The molecule has 0 aromatic carbocycles. The van der Waals surface area contributed by atoms with Gasteiger partial charge >= 0.3 is 17.1 Å². The first-order valence-electron chi connectivity index (χ1n) is 3.23. The van der Waals surface area contributed by atoms with Crippen molar-refractivity contribution in [2.75, 3.05) is 19.6 Å². The van der Waals surface area contributed by atoms with E-state index in [0.717, 1.165) is 0 Å². The van der Waals surface area contributed by atoms with Gasteiger partial charge in [-0.25, -0.2) is 0 Å². The Bertz CT molecular complexity index is 192. The Balaban J connectivity index is 0. The molecule has 8 heteroatoms. The maximum atomic E-state index is 9.99. The molecule has 0 unspecified atom stereocenters. The predicted octanol–water partition coefficient (Wildman–Crippen LogP) is -5.46. The van der Waals surface area contributed by atoms with Crippen LogP contribution in [0.4, 0.5) is 0 Å². The first-order chi connectivity index (χ1) is 5.91. The second-order valence-corrected chi connectivity index (χ2v) is 2.26. The summed E-state index contributed by atoms with van der Waals surface area (Å²) >= 11 is 0. The minimum absolute atomic E-state index is 0. The second-order valence-electron chi connectivity index (χ2n) is 2.26. The molecule has 0 amide bonds. The maximum absolute atomic E-state index is 9.99. The van der Waals surface area contributed by atoms with E-state index < -0.39 is 37.5 Å². The number of carboxylic acids is 3. The normalized spacial score (nSPS) is 9.21. The van der Waals surface area contributed by atoms with Crippen LogP contribution < -0.4 is 15.3 Å². The quantitative estimate of drug-likeness (QED) is 0.427. The summed E-state index contributed by atoms with van der Waals surface area (Å²) in [5, 5.41) is 30.0. The number of aliphatic carboxylic acids is 3. The van der Waals surface area contributed by atoms with E-state index in [1.54, 1.807) is 0 Å². The van der Waals surface area contributed by atoms with Crippen molar-refractivity contribution in [2.24, 2.45) is 0 Å². The summed E-state index contributed by atoms with van der Waals surface area (Å²) in [6.07, 6.45) is 0. The van der Waals surface area contributed by atoms with Crippen molar-refractivity contribution in [3.63, 3.8) is 0 Å². The molecule has 79 valence electrons. The number of rotatable bonds is 6. The Labute approximate surface area is 89.8 Å². The fraction of sp³-hybridized carbons (Fsp3) is 0.500. The van der Waals surface area contributed by atoms with Crippen molar-refractivity contribution in [2.45, 2.75) is 0 Å². The van der Waals surface area contributed by atoms with E-state index >= 15 is 0 Å². The number of carboxylic acid groups (broad SMARTS) is 3. The van der Waals surface area contributed by atoms with E-state index in [4.69, 9.17) is 0 Å². The van der Waals surface area contributed by atoms with Crippen LogP contribution in [0, 0.1) is 0 Å². The fourth-order valence-corrected chi connectivity index (χ4v) is 0.715. The van der Waals surface area contributed by atoms with E-state index in [9.17, 15) is 29.7 Å². The van der Waals surface area contributed by atoms with Gasteiger partial charge in [0.1, 0.15) is 0 Å². The third-order valence-electron chi connectivity index (χ3n) is 1.06. The first kappa shape index (κ1) is 15.4. The average molecular weight is 244 g/mol. The summed E-state index contributed by atoms with van der Waals surface area (Å²) in [6.45, 7) is -2.37. The third kappa shape index (κ3) is 8.98. The molecule has 0 rings (SSSR count). The van der Waals surface area contributed by atoms with Gasteiger partial charge in [0.05, 0.1) is 17.9 Å². The minimum Gasteiger partial charge on any atom is -0.549 e. The van der Waals surface area contributed by atoms with Gasteiger partial charge in [-0.15, -0.1) is 0 Å². The number of hydrogen-bond donors (Lipinski definition) is 0. The molecule has 0 bridgehead atoms. The van der Waals surface area contributed by atoms with Gasteiger partial charge in [-0.05, 0) is 0 Å². The molecule has 0 fully saturated rings.